The molecule has 3 nitrogen and oxygen atoms in total. The number of rotatable bonds is 0. The maximum atomic E-state index is 11.9. The highest BCUT2D eigenvalue weighted by Crippen LogP contribution is 2.22. The highest BCUT2D eigenvalue weighted by atomic mass is 16.2. The number of piperidine rings is 1. The van der Waals surface area contributed by atoms with Crippen molar-refractivity contribution in [3.63, 3.8) is 0 Å². The largest absolute Gasteiger partial charge is 0.341 e. The van der Waals surface area contributed by atoms with Crippen LogP contribution in [-0.2, 0) is 4.79 Å². The first kappa shape index (κ1) is 11.0. The van der Waals surface area contributed by atoms with Crippen molar-refractivity contribution >= 4 is 5.91 Å². The molecule has 1 heterocycles. The van der Waals surface area contributed by atoms with Crippen LogP contribution in [0.15, 0.2) is 0 Å². The van der Waals surface area contributed by atoms with Gasteiger partial charge in [-0.25, -0.2) is 0 Å². The Labute approximate surface area is 85.7 Å². The molecule has 0 radical (unpaired) electrons. The van der Waals surface area contributed by atoms with Crippen LogP contribution in [0.2, 0.25) is 0 Å². The van der Waals surface area contributed by atoms with Crippen molar-refractivity contribution in [1.82, 2.24) is 4.90 Å². The number of nitrogens with zero attached hydrogens (tertiary/aromatic N) is 2. The van der Waals surface area contributed by atoms with Gasteiger partial charge in [0.05, 0.1) is 12.0 Å². The summed E-state index contributed by atoms with van der Waals surface area (Å²) in [6.07, 6.45) is 1.89. The fourth-order valence-electron chi connectivity index (χ4n) is 1.74. The Morgan fingerprint density at radius 3 is 2.64 bits per heavy atom. The third kappa shape index (κ3) is 2.47. The first-order valence-corrected chi connectivity index (χ1v) is 5.14. The van der Waals surface area contributed by atoms with E-state index in [2.05, 4.69) is 6.07 Å². The molecular weight excluding hydrogens is 176 g/mol. The zero-order valence-electron chi connectivity index (χ0n) is 9.21. The van der Waals surface area contributed by atoms with E-state index in [0.29, 0.717) is 6.54 Å². The molecule has 1 amide bonds. The molecule has 1 saturated heterocycles. The minimum atomic E-state index is -0.322. The molecule has 1 rings (SSSR count). The van der Waals surface area contributed by atoms with E-state index in [9.17, 15) is 4.79 Å². The Morgan fingerprint density at radius 2 is 2.14 bits per heavy atom. The van der Waals surface area contributed by atoms with Gasteiger partial charge in [0.2, 0.25) is 5.91 Å². The van der Waals surface area contributed by atoms with Gasteiger partial charge in [0.25, 0.3) is 0 Å². The number of likely N-dealkylation sites (tertiary alicyclic amines) is 1. The summed E-state index contributed by atoms with van der Waals surface area (Å²) >= 11 is 0. The molecule has 0 bridgehead atoms. The van der Waals surface area contributed by atoms with Crippen LogP contribution in [0, 0.1) is 22.7 Å². The van der Waals surface area contributed by atoms with E-state index in [4.69, 9.17) is 5.26 Å². The van der Waals surface area contributed by atoms with Gasteiger partial charge in [0.1, 0.15) is 0 Å². The summed E-state index contributed by atoms with van der Waals surface area (Å²) in [6, 6.07) is 2.25. The first-order chi connectivity index (χ1) is 6.45. The lowest BCUT2D eigenvalue weighted by Crippen LogP contribution is -2.44. The normalized spacial score (nSPS) is 23.0. The molecule has 0 aromatic heterocycles. The van der Waals surface area contributed by atoms with Crippen molar-refractivity contribution in [2.24, 2.45) is 11.3 Å². The predicted molar refractivity (Wildman–Crippen MR) is 54.4 cm³/mol. The zero-order chi connectivity index (χ0) is 10.8. The molecule has 0 spiro atoms. The number of hydrogen-bond donors (Lipinski definition) is 0. The van der Waals surface area contributed by atoms with Crippen LogP contribution >= 0.6 is 0 Å². The average Bonchev–Trinajstić information content (AvgIpc) is 2.15. The lowest BCUT2D eigenvalue weighted by atomic mass is 9.91. The van der Waals surface area contributed by atoms with Gasteiger partial charge in [-0.3, -0.25) is 4.79 Å². The third-order valence-electron chi connectivity index (χ3n) is 2.53. The Morgan fingerprint density at radius 1 is 1.50 bits per heavy atom. The smallest absolute Gasteiger partial charge is 0.227 e. The summed E-state index contributed by atoms with van der Waals surface area (Å²) in [4.78, 5) is 13.7. The van der Waals surface area contributed by atoms with E-state index in [1.54, 1.807) is 0 Å². The highest BCUT2D eigenvalue weighted by Gasteiger charge is 2.30. The minimum absolute atomic E-state index is 0.0371. The molecular formula is C11H18N2O. The molecule has 1 fully saturated rings. The summed E-state index contributed by atoms with van der Waals surface area (Å²) < 4.78 is 0. The Balaban J connectivity index is 2.62. The Kier molecular flexibility index (Phi) is 3.15. The summed E-state index contributed by atoms with van der Waals surface area (Å²) in [7, 11) is 0. The van der Waals surface area contributed by atoms with E-state index in [1.807, 2.05) is 25.7 Å². The van der Waals surface area contributed by atoms with Gasteiger partial charge in [-0.1, -0.05) is 20.8 Å². The predicted octanol–water partition coefficient (Wildman–Crippen LogP) is 1.79. The van der Waals surface area contributed by atoms with Crippen LogP contribution < -0.4 is 0 Å². The molecule has 78 valence electrons. The summed E-state index contributed by atoms with van der Waals surface area (Å²) in [5, 5.41) is 8.81. The average molecular weight is 194 g/mol. The van der Waals surface area contributed by atoms with E-state index in [0.717, 1.165) is 19.4 Å². The van der Waals surface area contributed by atoms with E-state index < -0.39 is 0 Å². The van der Waals surface area contributed by atoms with E-state index in [1.165, 1.54) is 0 Å². The van der Waals surface area contributed by atoms with Gasteiger partial charge in [-0.15, -0.1) is 0 Å². The van der Waals surface area contributed by atoms with Gasteiger partial charge in [-0.2, -0.15) is 5.26 Å². The maximum Gasteiger partial charge on any atom is 0.227 e. The monoisotopic (exact) mass is 194 g/mol. The molecule has 1 aliphatic heterocycles. The Hall–Kier alpha value is -1.04. The number of hydrogen-bond acceptors (Lipinski definition) is 2. The molecule has 1 atom stereocenters. The molecule has 0 aliphatic carbocycles. The van der Waals surface area contributed by atoms with E-state index in [-0.39, 0.29) is 17.2 Å². The minimum Gasteiger partial charge on any atom is -0.341 e. The second-order valence-corrected chi connectivity index (χ2v) is 4.97. The standard InChI is InChI=1S/C11H18N2O/c1-11(2,3)10(14)13-6-4-5-9(7-12)8-13/h9H,4-6,8H2,1-3H3. The molecule has 0 aromatic carbocycles. The molecule has 3 heteroatoms. The van der Waals surface area contributed by atoms with Gasteiger partial charge in [0, 0.05) is 18.5 Å². The number of amides is 1. The van der Waals surface area contributed by atoms with Gasteiger partial charge in [-0.05, 0) is 12.8 Å². The van der Waals surface area contributed by atoms with Crippen LogP contribution in [0.1, 0.15) is 33.6 Å². The lowest BCUT2D eigenvalue weighted by molar-refractivity contribution is -0.140. The number of carbonyl (C=O) groups excluding carboxylic acids is 1. The van der Waals surface area contributed by atoms with Gasteiger partial charge < -0.3 is 4.90 Å². The van der Waals surface area contributed by atoms with Crippen LogP contribution in [0.5, 0.6) is 0 Å². The second-order valence-electron chi connectivity index (χ2n) is 4.97. The SMILES string of the molecule is CC(C)(C)C(=O)N1CCCC(C#N)C1. The number of carbonyl (C=O) groups is 1. The van der Waals surface area contributed by atoms with Crippen LogP contribution in [0.3, 0.4) is 0 Å². The molecule has 1 unspecified atom stereocenters. The summed E-state index contributed by atoms with van der Waals surface area (Å²) in [5.41, 5.74) is -0.322. The highest BCUT2D eigenvalue weighted by molar-refractivity contribution is 5.81. The van der Waals surface area contributed by atoms with Crippen LogP contribution in [0.25, 0.3) is 0 Å². The quantitative estimate of drug-likeness (QED) is 0.590. The zero-order valence-corrected chi connectivity index (χ0v) is 9.21. The molecule has 0 N–H and O–H groups in total. The molecule has 0 saturated carbocycles. The van der Waals surface area contributed by atoms with Crippen LogP contribution in [0.4, 0.5) is 0 Å². The maximum absolute atomic E-state index is 11.9. The van der Waals surface area contributed by atoms with Crippen molar-refractivity contribution in [3.05, 3.63) is 0 Å². The van der Waals surface area contributed by atoms with Crippen LogP contribution in [-0.4, -0.2) is 23.9 Å². The van der Waals surface area contributed by atoms with Crippen molar-refractivity contribution in [3.8, 4) is 6.07 Å². The summed E-state index contributed by atoms with van der Waals surface area (Å²) in [5.74, 6) is 0.201. The van der Waals surface area contributed by atoms with Crippen molar-refractivity contribution in [2.75, 3.05) is 13.1 Å². The van der Waals surface area contributed by atoms with Crippen molar-refractivity contribution in [2.45, 2.75) is 33.6 Å². The topological polar surface area (TPSA) is 44.1 Å². The fourth-order valence-corrected chi connectivity index (χ4v) is 1.74. The fraction of sp³-hybridized carbons (Fsp3) is 0.818. The van der Waals surface area contributed by atoms with Gasteiger partial charge >= 0.3 is 0 Å². The van der Waals surface area contributed by atoms with Crippen molar-refractivity contribution < 1.29 is 4.79 Å². The Bertz CT molecular complexity index is 259. The van der Waals surface area contributed by atoms with Gasteiger partial charge in [0.15, 0.2) is 0 Å². The second kappa shape index (κ2) is 4.00. The number of nitriles is 1. The van der Waals surface area contributed by atoms with E-state index >= 15 is 0 Å². The molecule has 1 aliphatic rings. The molecule has 14 heavy (non-hydrogen) atoms. The third-order valence-corrected chi connectivity index (χ3v) is 2.53. The lowest BCUT2D eigenvalue weighted by Gasteiger charge is -2.34. The first-order valence-electron chi connectivity index (χ1n) is 5.14. The summed E-state index contributed by atoms with van der Waals surface area (Å²) in [6.45, 7) is 7.20. The molecule has 0 aromatic rings. The van der Waals surface area contributed by atoms with Crippen molar-refractivity contribution in [1.29, 1.82) is 5.26 Å².